The van der Waals surface area contributed by atoms with Crippen molar-refractivity contribution in [3.63, 3.8) is 0 Å². The number of fused-ring (bicyclic) bond motifs is 6. The molecule has 53 heavy (non-hydrogen) atoms. The van der Waals surface area contributed by atoms with E-state index >= 15 is 0 Å². The van der Waals surface area contributed by atoms with Crippen molar-refractivity contribution in [3.8, 4) is 44.8 Å². The van der Waals surface area contributed by atoms with Crippen molar-refractivity contribution in [1.29, 1.82) is 0 Å². The molecule has 0 aliphatic heterocycles. The van der Waals surface area contributed by atoms with Crippen LogP contribution in [0, 0.1) is 0 Å². The highest BCUT2D eigenvalue weighted by Gasteiger charge is 2.22. The van der Waals surface area contributed by atoms with Gasteiger partial charge in [-0.25, -0.2) is 0 Å². The minimum atomic E-state index is 0.467. The van der Waals surface area contributed by atoms with Crippen molar-refractivity contribution < 1.29 is 0 Å². The fourth-order valence-corrected chi connectivity index (χ4v) is 8.18. The molecule has 0 aliphatic carbocycles. The van der Waals surface area contributed by atoms with Gasteiger partial charge in [-0.3, -0.25) is 0 Å². The maximum absolute atomic E-state index is 7.30. The highest BCUT2D eigenvalue weighted by atomic mass is 15.0. The Labute approximate surface area is 312 Å². The molecule has 6 radical (unpaired) electrons. The van der Waals surface area contributed by atoms with Crippen LogP contribution in [0.15, 0.2) is 176 Å². The molecule has 240 valence electrons. The summed E-state index contributed by atoms with van der Waals surface area (Å²) in [6.07, 6.45) is 0. The van der Waals surface area contributed by atoms with Crippen LogP contribution in [0.25, 0.3) is 88.4 Å². The van der Waals surface area contributed by atoms with E-state index in [4.69, 9.17) is 23.5 Å². The van der Waals surface area contributed by atoms with Crippen molar-refractivity contribution in [2.45, 2.75) is 0 Å². The van der Waals surface area contributed by atoms with Gasteiger partial charge in [0.2, 0.25) is 0 Å². The number of hydrogen-bond acceptors (Lipinski definition) is 0. The smallest absolute Gasteiger partial charge is 0.115 e. The zero-order valence-corrected chi connectivity index (χ0v) is 28.9. The Morgan fingerprint density at radius 2 is 0.830 bits per heavy atom. The lowest BCUT2D eigenvalue weighted by molar-refractivity contribution is 1.18. The molecular weight excluding hydrogens is 637 g/mol. The first-order valence-corrected chi connectivity index (χ1v) is 17.8. The van der Waals surface area contributed by atoms with Crippen molar-refractivity contribution in [2.75, 3.05) is 0 Å². The van der Waals surface area contributed by atoms with Gasteiger partial charge in [0.1, 0.15) is 23.5 Å². The van der Waals surface area contributed by atoms with Crippen LogP contribution >= 0.6 is 0 Å². The average molecular weight is 666 g/mol. The van der Waals surface area contributed by atoms with E-state index in [9.17, 15) is 0 Å². The first-order valence-electron chi connectivity index (χ1n) is 17.8. The van der Waals surface area contributed by atoms with Crippen LogP contribution in [-0.2, 0) is 0 Å². The molecule has 0 amide bonds. The molecule has 0 atom stereocenters. The summed E-state index contributed by atoms with van der Waals surface area (Å²) in [7, 11) is 21.5. The average Bonchev–Trinajstić information content (AvgIpc) is 3.74. The molecule has 0 bridgehead atoms. The summed E-state index contributed by atoms with van der Waals surface area (Å²) in [5.74, 6) is 0. The van der Waals surface area contributed by atoms with Gasteiger partial charge >= 0.3 is 0 Å². The van der Waals surface area contributed by atoms with Gasteiger partial charge in [0.15, 0.2) is 0 Å². The van der Waals surface area contributed by atoms with Crippen LogP contribution in [0.5, 0.6) is 0 Å². The van der Waals surface area contributed by atoms with Gasteiger partial charge in [0, 0.05) is 38.4 Å². The largest absolute Gasteiger partial charge is 0.310 e. The van der Waals surface area contributed by atoms with Crippen LogP contribution < -0.4 is 16.4 Å². The van der Waals surface area contributed by atoms with Crippen molar-refractivity contribution in [2.24, 2.45) is 0 Å². The molecule has 0 saturated carbocycles. The molecule has 0 aliphatic rings. The minimum absolute atomic E-state index is 0.467. The van der Waals surface area contributed by atoms with E-state index in [1.807, 2.05) is 24.3 Å². The second kappa shape index (κ2) is 12.4. The highest BCUT2D eigenvalue weighted by molar-refractivity contribution is 6.60. The highest BCUT2D eigenvalue weighted by Crippen LogP contribution is 2.38. The molecule has 10 aromatic rings. The van der Waals surface area contributed by atoms with Gasteiger partial charge in [0.25, 0.3) is 0 Å². The molecule has 0 spiro atoms. The molecule has 8 aromatic carbocycles. The molecule has 0 fully saturated rings. The fraction of sp³-hybridized carbons (Fsp3) is 0. The van der Waals surface area contributed by atoms with Crippen molar-refractivity contribution in [3.05, 3.63) is 176 Å². The summed E-state index contributed by atoms with van der Waals surface area (Å²) in [5, 5.41) is 4.17. The number of rotatable bonds is 5. The lowest BCUT2D eigenvalue weighted by Crippen LogP contribution is -2.35. The van der Waals surface area contributed by atoms with Crippen molar-refractivity contribution >= 4 is 83.5 Å². The third-order valence-corrected chi connectivity index (χ3v) is 10.6. The second-order valence-electron chi connectivity index (χ2n) is 13.6. The Kier molecular flexibility index (Phi) is 7.30. The van der Waals surface area contributed by atoms with Crippen LogP contribution in [0.1, 0.15) is 0 Å². The standard InChI is InChI=1S/C48H29B3N2/c49-45-43(34-24-26-42-39(29-34)38-28-33(31-15-6-2-7-16-31)23-25-41(38)52(42)35-18-8-3-9-19-35)46(50)47(51)48-44(45)37-21-10-11-22-40(37)53(48)36-20-12-17-32(27-36)30-13-4-1-5-14-30/h1-29H. The molecule has 2 heterocycles. The van der Waals surface area contributed by atoms with Gasteiger partial charge in [0.05, 0.1) is 16.6 Å². The van der Waals surface area contributed by atoms with E-state index in [1.54, 1.807) is 0 Å². The van der Waals surface area contributed by atoms with E-state index in [2.05, 4.69) is 161 Å². The third kappa shape index (κ3) is 4.92. The molecular formula is C48H29B3N2. The van der Waals surface area contributed by atoms with Gasteiger partial charge in [-0.2, -0.15) is 0 Å². The molecule has 5 heteroatoms. The first-order chi connectivity index (χ1) is 26.1. The minimum Gasteiger partial charge on any atom is -0.310 e. The summed E-state index contributed by atoms with van der Waals surface area (Å²) in [6.45, 7) is 0. The quantitative estimate of drug-likeness (QED) is 0.162. The topological polar surface area (TPSA) is 9.86 Å². The van der Waals surface area contributed by atoms with Gasteiger partial charge in [-0.15, -0.1) is 0 Å². The number of nitrogens with zero attached hydrogens (tertiary/aromatic N) is 2. The normalized spacial score (nSPS) is 11.6. The van der Waals surface area contributed by atoms with Gasteiger partial charge in [-0.1, -0.05) is 138 Å². The SMILES string of the molecule is [B]c1c(-c2ccc3c(c2)c2cc(-c4ccccc4)ccc2n3-c2ccccc2)c([B])c2c3ccccc3n(-c3cccc(-c4ccccc4)c3)c2c1[B]. The summed E-state index contributed by atoms with van der Waals surface area (Å²) >= 11 is 0. The number of aromatic nitrogens is 2. The Bertz CT molecular complexity index is 3020. The molecule has 0 N–H and O–H groups in total. The van der Waals surface area contributed by atoms with Crippen LogP contribution in [0.2, 0.25) is 0 Å². The molecule has 0 saturated heterocycles. The molecule has 10 rings (SSSR count). The summed E-state index contributed by atoms with van der Waals surface area (Å²) in [6, 6.07) is 61.5. The Hall–Kier alpha value is -6.45. The van der Waals surface area contributed by atoms with E-state index in [0.29, 0.717) is 16.4 Å². The fourth-order valence-electron chi connectivity index (χ4n) is 8.18. The predicted molar refractivity (Wildman–Crippen MR) is 228 cm³/mol. The summed E-state index contributed by atoms with van der Waals surface area (Å²) < 4.78 is 4.52. The van der Waals surface area contributed by atoms with E-state index in [0.717, 1.165) is 82.8 Å². The van der Waals surface area contributed by atoms with Gasteiger partial charge < -0.3 is 9.13 Å². The third-order valence-electron chi connectivity index (χ3n) is 10.6. The maximum Gasteiger partial charge on any atom is 0.115 e. The number of benzene rings is 8. The van der Waals surface area contributed by atoms with Gasteiger partial charge in [-0.05, 0) is 88.0 Å². The molecule has 0 unspecified atom stereocenters. The van der Waals surface area contributed by atoms with E-state index in [-0.39, 0.29) is 0 Å². The Balaban J connectivity index is 1.23. The lowest BCUT2D eigenvalue weighted by Gasteiger charge is -2.19. The zero-order chi connectivity index (χ0) is 35.6. The monoisotopic (exact) mass is 666 g/mol. The Morgan fingerprint density at radius 3 is 1.51 bits per heavy atom. The molecule has 2 aromatic heterocycles. The number of para-hydroxylation sites is 2. The van der Waals surface area contributed by atoms with E-state index in [1.165, 1.54) is 5.56 Å². The number of hydrogen-bond donors (Lipinski definition) is 0. The van der Waals surface area contributed by atoms with E-state index < -0.39 is 0 Å². The summed E-state index contributed by atoms with van der Waals surface area (Å²) in [4.78, 5) is 0. The Morgan fingerprint density at radius 1 is 0.321 bits per heavy atom. The summed E-state index contributed by atoms with van der Waals surface area (Å²) in [5.41, 5.74) is 14.0. The van der Waals surface area contributed by atoms with Crippen LogP contribution in [0.4, 0.5) is 0 Å². The predicted octanol–water partition coefficient (Wildman–Crippen LogP) is 9.26. The zero-order valence-electron chi connectivity index (χ0n) is 28.9. The van der Waals surface area contributed by atoms with Crippen LogP contribution in [-0.4, -0.2) is 32.7 Å². The molecule has 2 nitrogen and oxygen atoms in total. The van der Waals surface area contributed by atoms with Crippen LogP contribution in [0.3, 0.4) is 0 Å². The van der Waals surface area contributed by atoms with Crippen molar-refractivity contribution in [1.82, 2.24) is 9.13 Å². The first kappa shape index (κ1) is 31.3. The second-order valence-corrected chi connectivity index (χ2v) is 13.6. The maximum atomic E-state index is 7.30. The lowest BCUT2D eigenvalue weighted by atomic mass is 9.69.